The number of benzene rings is 1. The average Bonchev–Trinajstić information content (AvgIpc) is 3.19. The van der Waals surface area contributed by atoms with Crippen LogP contribution in [-0.4, -0.2) is 19.6 Å². The van der Waals surface area contributed by atoms with Crippen LogP contribution in [-0.2, 0) is 11.2 Å². The van der Waals surface area contributed by atoms with Gasteiger partial charge in [0.2, 0.25) is 5.91 Å². The lowest BCUT2D eigenvalue weighted by molar-refractivity contribution is -0.122. The summed E-state index contributed by atoms with van der Waals surface area (Å²) in [5.41, 5.74) is 1.25. The Balaban J connectivity index is 1.68. The fourth-order valence-corrected chi connectivity index (χ4v) is 1.82. The van der Waals surface area contributed by atoms with Crippen molar-refractivity contribution in [2.24, 2.45) is 5.92 Å². The Morgan fingerprint density at radius 2 is 2.29 bits per heavy atom. The molecule has 1 amide bonds. The van der Waals surface area contributed by atoms with Gasteiger partial charge in [-0.15, -0.1) is 0 Å². The van der Waals surface area contributed by atoms with Crippen molar-refractivity contribution in [2.45, 2.75) is 25.7 Å². The molecule has 1 aliphatic rings. The lowest BCUT2D eigenvalue weighted by Gasteiger charge is -2.06. The highest BCUT2D eigenvalue weighted by Crippen LogP contribution is 2.28. The third-order valence-electron chi connectivity index (χ3n) is 3.02. The summed E-state index contributed by atoms with van der Waals surface area (Å²) >= 11 is 0. The van der Waals surface area contributed by atoms with Crippen LogP contribution in [0.3, 0.4) is 0 Å². The van der Waals surface area contributed by atoms with Crippen LogP contribution >= 0.6 is 0 Å². The SMILES string of the molecule is COc1cccc(CCCNC(=O)C2CC2)c1. The molecule has 2 rings (SSSR count). The summed E-state index contributed by atoms with van der Waals surface area (Å²) in [6.45, 7) is 0.770. The van der Waals surface area contributed by atoms with Crippen molar-refractivity contribution in [3.8, 4) is 5.75 Å². The lowest BCUT2D eigenvalue weighted by atomic mass is 10.1. The summed E-state index contributed by atoms with van der Waals surface area (Å²) in [5, 5.41) is 2.97. The maximum absolute atomic E-state index is 11.4. The van der Waals surface area contributed by atoms with Gasteiger partial charge in [0.1, 0.15) is 5.75 Å². The Labute approximate surface area is 102 Å². The first-order valence-corrected chi connectivity index (χ1v) is 6.20. The van der Waals surface area contributed by atoms with E-state index in [2.05, 4.69) is 11.4 Å². The van der Waals surface area contributed by atoms with E-state index >= 15 is 0 Å². The maximum Gasteiger partial charge on any atom is 0.223 e. The van der Waals surface area contributed by atoms with Gasteiger partial charge in [-0.3, -0.25) is 4.79 Å². The van der Waals surface area contributed by atoms with Crippen molar-refractivity contribution >= 4 is 5.91 Å². The second kappa shape index (κ2) is 5.71. The molecule has 3 heteroatoms. The molecule has 1 aromatic carbocycles. The third kappa shape index (κ3) is 3.77. The second-order valence-corrected chi connectivity index (χ2v) is 4.52. The van der Waals surface area contributed by atoms with Gasteiger partial charge in [0.25, 0.3) is 0 Å². The van der Waals surface area contributed by atoms with Crippen LogP contribution in [0.2, 0.25) is 0 Å². The van der Waals surface area contributed by atoms with Crippen molar-refractivity contribution in [2.75, 3.05) is 13.7 Å². The number of carbonyl (C=O) groups is 1. The molecule has 3 nitrogen and oxygen atoms in total. The first kappa shape index (κ1) is 12.0. The van der Waals surface area contributed by atoms with E-state index in [1.165, 1.54) is 5.56 Å². The Morgan fingerprint density at radius 3 is 3.00 bits per heavy atom. The molecule has 0 heterocycles. The number of amides is 1. The Kier molecular flexibility index (Phi) is 4.02. The van der Waals surface area contributed by atoms with Crippen LogP contribution < -0.4 is 10.1 Å². The van der Waals surface area contributed by atoms with Crippen LogP contribution in [0.25, 0.3) is 0 Å². The maximum atomic E-state index is 11.4. The number of rotatable bonds is 6. The number of hydrogen-bond acceptors (Lipinski definition) is 2. The molecule has 0 aromatic heterocycles. The van der Waals surface area contributed by atoms with Crippen LogP contribution in [0, 0.1) is 5.92 Å². The zero-order valence-electron chi connectivity index (χ0n) is 10.2. The van der Waals surface area contributed by atoms with Gasteiger partial charge >= 0.3 is 0 Å². The molecule has 92 valence electrons. The number of nitrogens with one attached hydrogen (secondary N) is 1. The minimum atomic E-state index is 0.232. The number of aryl methyl sites for hydroxylation is 1. The zero-order valence-corrected chi connectivity index (χ0v) is 10.2. The molecular formula is C14H19NO2. The smallest absolute Gasteiger partial charge is 0.223 e. The molecule has 0 aliphatic heterocycles. The van der Waals surface area contributed by atoms with Crippen molar-refractivity contribution < 1.29 is 9.53 Å². The lowest BCUT2D eigenvalue weighted by Crippen LogP contribution is -2.26. The van der Waals surface area contributed by atoms with E-state index in [1.54, 1.807) is 7.11 Å². The molecule has 1 saturated carbocycles. The van der Waals surface area contributed by atoms with Crippen molar-refractivity contribution in [1.82, 2.24) is 5.32 Å². The average molecular weight is 233 g/mol. The quantitative estimate of drug-likeness (QED) is 0.765. The topological polar surface area (TPSA) is 38.3 Å². The largest absolute Gasteiger partial charge is 0.497 e. The van der Waals surface area contributed by atoms with E-state index in [1.807, 2.05) is 18.2 Å². The molecular weight excluding hydrogens is 214 g/mol. The molecule has 1 fully saturated rings. The predicted octanol–water partition coefficient (Wildman–Crippen LogP) is 2.15. The molecule has 1 aliphatic carbocycles. The van der Waals surface area contributed by atoms with E-state index in [0.29, 0.717) is 5.92 Å². The summed E-state index contributed by atoms with van der Waals surface area (Å²) in [4.78, 5) is 11.4. The summed E-state index contributed by atoms with van der Waals surface area (Å²) in [7, 11) is 1.68. The minimum Gasteiger partial charge on any atom is -0.497 e. The molecule has 0 radical (unpaired) electrons. The molecule has 1 N–H and O–H groups in total. The van der Waals surface area contributed by atoms with Crippen LogP contribution in [0.4, 0.5) is 0 Å². The first-order chi connectivity index (χ1) is 8.29. The second-order valence-electron chi connectivity index (χ2n) is 4.52. The van der Waals surface area contributed by atoms with Crippen molar-refractivity contribution in [3.63, 3.8) is 0 Å². The fourth-order valence-electron chi connectivity index (χ4n) is 1.82. The van der Waals surface area contributed by atoms with E-state index in [9.17, 15) is 4.79 Å². The minimum absolute atomic E-state index is 0.232. The van der Waals surface area contributed by atoms with Crippen LogP contribution in [0.5, 0.6) is 5.75 Å². The number of carbonyl (C=O) groups excluding carboxylic acids is 1. The monoisotopic (exact) mass is 233 g/mol. The molecule has 0 spiro atoms. The van der Waals surface area contributed by atoms with E-state index in [-0.39, 0.29) is 5.91 Å². The molecule has 0 unspecified atom stereocenters. The Hall–Kier alpha value is -1.51. The summed E-state index contributed by atoms with van der Waals surface area (Å²) in [5.74, 6) is 1.44. The van der Waals surface area contributed by atoms with Crippen molar-refractivity contribution in [1.29, 1.82) is 0 Å². The highest BCUT2D eigenvalue weighted by molar-refractivity contribution is 5.80. The normalized spacial score (nSPS) is 14.4. The highest BCUT2D eigenvalue weighted by atomic mass is 16.5. The van der Waals surface area contributed by atoms with Gasteiger partial charge in [0.15, 0.2) is 0 Å². The summed E-state index contributed by atoms with van der Waals surface area (Å²) in [6.07, 6.45) is 4.09. The van der Waals surface area contributed by atoms with Gasteiger partial charge in [0.05, 0.1) is 7.11 Å². The Morgan fingerprint density at radius 1 is 1.47 bits per heavy atom. The molecule has 1 aromatic rings. The zero-order chi connectivity index (χ0) is 12.1. The highest BCUT2D eigenvalue weighted by Gasteiger charge is 2.28. The molecule has 0 saturated heterocycles. The van der Waals surface area contributed by atoms with Gasteiger partial charge in [-0.1, -0.05) is 12.1 Å². The van der Waals surface area contributed by atoms with E-state index in [0.717, 1.165) is 38.0 Å². The van der Waals surface area contributed by atoms with Crippen molar-refractivity contribution in [3.05, 3.63) is 29.8 Å². The number of ether oxygens (including phenoxy) is 1. The number of hydrogen-bond donors (Lipinski definition) is 1. The fraction of sp³-hybridized carbons (Fsp3) is 0.500. The Bertz CT molecular complexity index is 386. The van der Waals surface area contributed by atoms with Gasteiger partial charge in [-0.2, -0.15) is 0 Å². The van der Waals surface area contributed by atoms with Gasteiger partial charge in [-0.05, 0) is 43.4 Å². The molecule has 17 heavy (non-hydrogen) atoms. The third-order valence-corrected chi connectivity index (χ3v) is 3.02. The van der Waals surface area contributed by atoms with Crippen LogP contribution in [0.15, 0.2) is 24.3 Å². The van der Waals surface area contributed by atoms with E-state index in [4.69, 9.17) is 4.74 Å². The summed E-state index contributed by atoms with van der Waals surface area (Å²) < 4.78 is 5.17. The van der Waals surface area contributed by atoms with Gasteiger partial charge in [0, 0.05) is 12.5 Å². The molecule has 0 bridgehead atoms. The number of methoxy groups -OCH3 is 1. The predicted molar refractivity (Wildman–Crippen MR) is 67.0 cm³/mol. The van der Waals surface area contributed by atoms with E-state index < -0.39 is 0 Å². The van der Waals surface area contributed by atoms with Gasteiger partial charge < -0.3 is 10.1 Å². The van der Waals surface area contributed by atoms with Gasteiger partial charge in [-0.25, -0.2) is 0 Å². The standard InChI is InChI=1S/C14H19NO2/c1-17-13-6-2-4-11(10-13)5-3-9-15-14(16)12-7-8-12/h2,4,6,10,12H,3,5,7-9H2,1H3,(H,15,16). The van der Waals surface area contributed by atoms with Crippen LogP contribution in [0.1, 0.15) is 24.8 Å². The molecule has 0 atom stereocenters. The first-order valence-electron chi connectivity index (χ1n) is 6.20. The summed E-state index contributed by atoms with van der Waals surface area (Å²) in [6, 6.07) is 8.07.